The van der Waals surface area contributed by atoms with Crippen molar-refractivity contribution in [3.05, 3.63) is 0 Å². The van der Waals surface area contributed by atoms with Gasteiger partial charge in [-0.15, -0.1) is 10.2 Å². The van der Waals surface area contributed by atoms with Gasteiger partial charge >= 0.3 is 6.03 Å². The Hall–Kier alpha value is -0.820. The Morgan fingerprint density at radius 2 is 2.33 bits per heavy atom. The number of carbonyl (C=O) groups excluding carboxylic acids is 1. The minimum Gasteiger partial charge on any atom is -0.341 e. The van der Waals surface area contributed by atoms with Gasteiger partial charge in [-0.2, -0.15) is 0 Å². The van der Waals surface area contributed by atoms with Crippen molar-refractivity contribution in [2.24, 2.45) is 0 Å². The molecule has 0 aliphatic carbocycles. The molecule has 1 aromatic rings. The van der Waals surface area contributed by atoms with Gasteiger partial charge in [-0.25, -0.2) is 4.79 Å². The van der Waals surface area contributed by atoms with Crippen LogP contribution >= 0.6 is 23.1 Å². The lowest BCUT2D eigenvalue weighted by atomic mass is 10.9. The Morgan fingerprint density at radius 3 is 2.83 bits per heavy atom. The van der Waals surface area contributed by atoms with Crippen molar-refractivity contribution in [3.63, 3.8) is 0 Å². The molecule has 0 aliphatic rings. The minimum atomic E-state index is -0.279. The monoisotopic (exact) mass is 204 g/mol. The molecule has 0 radical (unpaired) electrons. The van der Waals surface area contributed by atoms with Crippen molar-refractivity contribution in [2.75, 3.05) is 18.6 Å². The van der Waals surface area contributed by atoms with Gasteiger partial charge in [-0.1, -0.05) is 23.1 Å². The average Bonchev–Trinajstić information content (AvgIpc) is 2.52. The highest BCUT2D eigenvalue weighted by atomic mass is 32.2. The zero-order chi connectivity index (χ0) is 8.97. The number of urea groups is 1. The van der Waals surface area contributed by atoms with E-state index in [2.05, 4.69) is 20.8 Å². The van der Waals surface area contributed by atoms with E-state index >= 15 is 0 Å². The number of carbonyl (C=O) groups is 1. The number of rotatable bonds is 2. The lowest BCUT2D eigenvalue weighted by Gasteiger charge is -1.96. The van der Waals surface area contributed by atoms with E-state index in [4.69, 9.17) is 0 Å². The molecule has 0 aliphatic heterocycles. The van der Waals surface area contributed by atoms with Crippen LogP contribution in [-0.4, -0.2) is 29.5 Å². The van der Waals surface area contributed by atoms with E-state index in [1.165, 1.54) is 23.1 Å². The third-order valence-electron chi connectivity index (χ3n) is 1.03. The highest BCUT2D eigenvalue weighted by Crippen LogP contribution is 2.22. The summed E-state index contributed by atoms with van der Waals surface area (Å²) in [6.07, 6.45) is 1.91. The Kier molecular flexibility index (Phi) is 3.30. The molecule has 0 fully saturated rings. The van der Waals surface area contributed by atoms with Crippen LogP contribution in [0.5, 0.6) is 0 Å². The van der Waals surface area contributed by atoms with E-state index in [1.54, 1.807) is 7.05 Å². The molecule has 2 N–H and O–H groups in total. The summed E-state index contributed by atoms with van der Waals surface area (Å²) in [5.41, 5.74) is 0. The molecule has 0 atom stereocenters. The lowest BCUT2D eigenvalue weighted by molar-refractivity contribution is 0.254. The fourth-order valence-electron chi connectivity index (χ4n) is 0.502. The number of nitrogens with zero attached hydrogens (tertiary/aromatic N) is 2. The maximum Gasteiger partial charge on any atom is 0.320 e. The smallest absolute Gasteiger partial charge is 0.320 e. The maximum atomic E-state index is 10.8. The van der Waals surface area contributed by atoms with Gasteiger partial charge < -0.3 is 5.32 Å². The van der Waals surface area contributed by atoms with Crippen LogP contribution in [0.1, 0.15) is 0 Å². The van der Waals surface area contributed by atoms with Crippen molar-refractivity contribution in [2.45, 2.75) is 4.34 Å². The van der Waals surface area contributed by atoms with Crippen LogP contribution in [0, 0.1) is 0 Å². The molecule has 1 heterocycles. The Morgan fingerprint density at radius 1 is 1.58 bits per heavy atom. The molecule has 7 heteroatoms. The van der Waals surface area contributed by atoms with Crippen molar-refractivity contribution < 1.29 is 4.79 Å². The number of anilines is 1. The van der Waals surface area contributed by atoms with Crippen molar-refractivity contribution in [3.8, 4) is 0 Å². The number of amides is 2. The van der Waals surface area contributed by atoms with Gasteiger partial charge in [0.15, 0.2) is 4.34 Å². The lowest BCUT2D eigenvalue weighted by Crippen LogP contribution is -2.24. The van der Waals surface area contributed by atoms with Gasteiger partial charge in [0.2, 0.25) is 5.13 Å². The first kappa shape index (κ1) is 9.27. The van der Waals surface area contributed by atoms with Gasteiger partial charge in [0.05, 0.1) is 0 Å². The molecular weight excluding hydrogens is 196 g/mol. The third kappa shape index (κ3) is 2.35. The molecule has 12 heavy (non-hydrogen) atoms. The fourth-order valence-corrected chi connectivity index (χ4v) is 1.67. The van der Waals surface area contributed by atoms with Gasteiger partial charge in [-0.3, -0.25) is 5.32 Å². The van der Waals surface area contributed by atoms with Crippen molar-refractivity contribution in [1.82, 2.24) is 15.5 Å². The van der Waals surface area contributed by atoms with Gasteiger partial charge in [-0.05, 0) is 6.26 Å². The molecule has 2 amide bonds. The van der Waals surface area contributed by atoms with Crippen molar-refractivity contribution >= 4 is 34.3 Å². The second-order valence-electron chi connectivity index (χ2n) is 1.78. The molecule has 0 saturated carbocycles. The van der Waals surface area contributed by atoms with Crippen LogP contribution < -0.4 is 10.6 Å². The average molecular weight is 204 g/mol. The fraction of sp³-hybridized carbons (Fsp3) is 0.400. The minimum absolute atomic E-state index is 0.279. The number of nitrogens with one attached hydrogen (secondary N) is 2. The van der Waals surface area contributed by atoms with E-state index in [0.29, 0.717) is 5.13 Å². The number of aromatic nitrogens is 2. The van der Waals surface area contributed by atoms with Gasteiger partial charge in [0, 0.05) is 7.05 Å². The Bertz CT molecular complexity index is 274. The first-order valence-electron chi connectivity index (χ1n) is 3.12. The predicted octanol–water partition coefficient (Wildman–Crippen LogP) is 1.01. The van der Waals surface area contributed by atoms with Crippen LogP contribution in [-0.2, 0) is 0 Å². The summed E-state index contributed by atoms with van der Waals surface area (Å²) in [5, 5.41) is 13.0. The summed E-state index contributed by atoms with van der Waals surface area (Å²) in [6.45, 7) is 0. The molecule has 1 rings (SSSR count). The van der Waals surface area contributed by atoms with Crippen LogP contribution in [0.2, 0.25) is 0 Å². The number of hydrogen-bond acceptors (Lipinski definition) is 5. The summed E-state index contributed by atoms with van der Waals surface area (Å²) < 4.78 is 0.835. The van der Waals surface area contributed by atoms with Crippen LogP contribution in [0.25, 0.3) is 0 Å². The van der Waals surface area contributed by atoms with E-state index < -0.39 is 0 Å². The number of thioether (sulfide) groups is 1. The molecule has 66 valence electrons. The Balaban J connectivity index is 2.58. The first-order valence-corrected chi connectivity index (χ1v) is 5.16. The molecule has 5 nitrogen and oxygen atoms in total. The van der Waals surface area contributed by atoms with Gasteiger partial charge in [0.1, 0.15) is 0 Å². The SMILES string of the molecule is CNC(=O)Nc1nnc(SC)s1. The zero-order valence-electron chi connectivity index (χ0n) is 6.62. The number of hydrogen-bond donors (Lipinski definition) is 2. The van der Waals surface area contributed by atoms with E-state index in [0.717, 1.165) is 4.34 Å². The van der Waals surface area contributed by atoms with Crippen molar-refractivity contribution in [1.29, 1.82) is 0 Å². The second-order valence-corrected chi connectivity index (χ2v) is 3.81. The zero-order valence-corrected chi connectivity index (χ0v) is 8.25. The third-order valence-corrected chi connectivity index (χ3v) is 2.84. The molecule has 0 spiro atoms. The maximum absolute atomic E-state index is 10.8. The first-order chi connectivity index (χ1) is 5.76. The summed E-state index contributed by atoms with van der Waals surface area (Å²) in [7, 11) is 1.55. The van der Waals surface area contributed by atoms with E-state index in [1.807, 2.05) is 6.26 Å². The standard InChI is InChI=1S/C5H8N4OS2/c1-6-3(10)7-4-8-9-5(11-2)12-4/h1-2H3,(H2,6,7,8,10). The summed E-state index contributed by atoms with van der Waals surface area (Å²) in [5.74, 6) is 0. The summed E-state index contributed by atoms with van der Waals surface area (Å²) >= 11 is 2.84. The molecule has 0 saturated heterocycles. The van der Waals surface area contributed by atoms with Crippen LogP contribution in [0.3, 0.4) is 0 Å². The Labute approximate surface area is 78.0 Å². The molecule has 1 aromatic heterocycles. The highest BCUT2D eigenvalue weighted by molar-refractivity contribution is 8.00. The van der Waals surface area contributed by atoms with Crippen LogP contribution in [0.4, 0.5) is 9.93 Å². The highest BCUT2D eigenvalue weighted by Gasteiger charge is 2.04. The predicted molar refractivity (Wildman–Crippen MR) is 49.8 cm³/mol. The van der Waals surface area contributed by atoms with E-state index in [9.17, 15) is 4.79 Å². The summed E-state index contributed by atoms with van der Waals surface area (Å²) in [6, 6.07) is -0.279. The molecule has 0 aromatic carbocycles. The molecular formula is C5H8N4OS2. The topological polar surface area (TPSA) is 66.9 Å². The summed E-state index contributed by atoms with van der Waals surface area (Å²) in [4.78, 5) is 10.8. The largest absolute Gasteiger partial charge is 0.341 e. The van der Waals surface area contributed by atoms with Gasteiger partial charge in [0.25, 0.3) is 0 Å². The molecule has 0 unspecified atom stereocenters. The second kappa shape index (κ2) is 4.27. The van der Waals surface area contributed by atoms with Crippen LogP contribution in [0.15, 0.2) is 4.34 Å². The van der Waals surface area contributed by atoms with E-state index in [-0.39, 0.29) is 6.03 Å². The quantitative estimate of drug-likeness (QED) is 0.557. The molecule has 0 bridgehead atoms. The normalized spacial score (nSPS) is 9.50.